The number of rotatable bonds is 3. The van der Waals surface area contributed by atoms with E-state index < -0.39 is 4.92 Å². The van der Waals surface area contributed by atoms with E-state index in [-0.39, 0.29) is 5.69 Å². The molecule has 70 valence electrons. The zero-order valence-corrected chi connectivity index (χ0v) is 9.15. The molecule has 0 radical (unpaired) electrons. The Kier molecular flexibility index (Phi) is 3.47. The third kappa shape index (κ3) is 2.55. The first-order valence-corrected chi connectivity index (χ1v) is 4.79. The molecule has 13 heavy (non-hydrogen) atoms. The Morgan fingerprint density at radius 3 is 2.77 bits per heavy atom. The molecule has 0 saturated heterocycles. The summed E-state index contributed by atoms with van der Waals surface area (Å²) < 4.78 is 5.79. The summed E-state index contributed by atoms with van der Waals surface area (Å²) in [6.07, 6.45) is 0. The van der Waals surface area contributed by atoms with E-state index in [9.17, 15) is 10.1 Å². The van der Waals surface area contributed by atoms with E-state index in [0.29, 0.717) is 15.9 Å². The normalized spacial score (nSPS) is 9.69. The van der Waals surface area contributed by atoms with Crippen LogP contribution in [-0.2, 0) is 0 Å². The molecular weight excluding hydrogens is 285 g/mol. The van der Waals surface area contributed by atoms with Gasteiger partial charge in [-0.3, -0.25) is 10.1 Å². The maximum Gasteiger partial charge on any atom is 0.282 e. The van der Waals surface area contributed by atoms with Crippen molar-refractivity contribution in [2.75, 3.05) is 6.61 Å². The van der Waals surface area contributed by atoms with E-state index in [1.807, 2.05) is 29.5 Å². The summed E-state index contributed by atoms with van der Waals surface area (Å²) in [5, 5.41) is 10.5. The van der Waals surface area contributed by atoms with Crippen LogP contribution in [0.25, 0.3) is 0 Å². The number of nitrogens with zero attached hydrogens (tertiary/aromatic N) is 1. The van der Waals surface area contributed by atoms with Gasteiger partial charge in [0.25, 0.3) is 5.69 Å². The molecule has 0 aliphatic carbocycles. The minimum atomic E-state index is -0.405. The summed E-state index contributed by atoms with van der Waals surface area (Å²) in [5.41, 5.74) is 0.115. The molecule has 4 nitrogen and oxygen atoms in total. The Morgan fingerprint density at radius 2 is 2.31 bits per heavy atom. The van der Waals surface area contributed by atoms with Gasteiger partial charge >= 0.3 is 0 Å². The predicted molar refractivity (Wildman–Crippen MR) is 57.0 cm³/mol. The van der Waals surface area contributed by atoms with Gasteiger partial charge in [-0.2, -0.15) is 0 Å². The Morgan fingerprint density at radius 1 is 1.62 bits per heavy atom. The van der Waals surface area contributed by atoms with Crippen molar-refractivity contribution >= 4 is 28.3 Å². The van der Waals surface area contributed by atoms with Crippen LogP contribution >= 0.6 is 22.6 Å². The lowest BCUT2D eigenvalue weighted by atomic mass is 10.3. The first-order valence-electron chi connectivity index (χ1n) is 3.72. The molecule has 0 aliphatic rings. The molecule has 0 aliphatic heterocycles. The first-order chi connectivity index (χ1) is 6.15. The van der Waals surface area contributed by atoms with Crippen LogP contribution in [0.5, 0.6) is 5.75 Å². The van der Waals surface area contributed by atoms with Crippen LogP contribution < -0.4 is 4.74 Å². The van der Waals surface area contributed by atoms with Crippen molar-refractivity contribution in [1.82, 2.24) is 0 Å². The summed E-state index contributed by atoms with van der Waals surface area (Å²) in [4.78, 5) is 10.0. The molecule has 0 unspecified atom stereocenters. The van der Waals surface area contributed by atoms with E-state index in [0.717, 1.165) is 0 Å². The van der Waals surface area contributed by atoms with Gasteiger partial charge in [0, 0.05) is 12.1 Å². The first kappa shape index (κ1) is 10.2. The van der Waals surface area contributed by atoms with Crippen LogP contribution in [0.1, 0.15) is 6.92 Å². The van der Waals surface area contributed by atoms with Crippen LogP contribution in [0, 0.1) is 13.7 Å². The highest BCUT2D eigenvalue weighted by atomic mass is 127. The molecule has 1 rings (SSSR count). The molecule has 5 heteroatoms. The smallest absolute Gasteiger partial charge is 0.282 e. The maximum absolute atomic E-state index is 10.5. The molecule has 0 amide bonds. The molecule has 0 atom stereocenters. The number of nitro groups is 1. The summed E-state index contributed by atoms with van der Waals surface area (Å²) in [5.74, 6) is 0.664. The van der Waals surface area contributed by atoms with Gasteiger partial charge in [0.15, 0.2) is 0 Å². The lowest BCUT2D eigenvalue weighted by Gasteiger charge is -2.02. The Bertz CT molecular complexity index is 327. The second kappa shape index (κ2) is 4.40. The van der Waals surface area contributed by atoms with Crippen molar-refractivity contribution < 1.29 is 9.66 Å². The Hall–Kier alpha value is -0.850. The van der Waals surface area contributed by atoms with E-state index in [4.69, 9.17) is 4.74 Å². The average molecular weight is 293 g/mol. The number of benzene rings is 1. The number of hydrogen-bond donors (Lipinski definition) is 0. The van der Waals surface area contributed by atoms with E-state index in [1.54, 1.807) is 12.1 Å². The number of hydrogen-bond acceptors (Lipinski definition) is 3. The minimum absolute atomic E-state index is 0.115. The third-order valence-corrected chi connectivity index (χ3v) is 2.29. The van der Waals surface area contributed by atoms with Crippen LogP contribution in [0.2, 0.25) is 0 Å². The van der Waals surface area contributed by atoms with E-state index in [2.05, 4.69) is 0 Å². The average Bonchev–Trinajstić information content (AvgIpc) is 2.04. The minimum Gasteiger partial charge on any atom is -0.494 e. The highest BCUT2D eigenvalue weighted by Gasteiger charge is 2.11. The highest BCUT2D eigenvalue weighted by Crippen LogP contribution is 2.25. The summed E-state index contributed by atoms with van der Waals surface area (Å²) in [7, 11) is 0. The molecule has 0 bridgehead atoms. The Balaban J connectivity index is 2.98. The molecule has 1 aromatic rings. The monoisotopic (exact) mass is 293 g/mol. The molecule has 1 aromatic carbocycles. The summed E-state index contributed by atoms with van der Waals surface area (Å²) >= 11 is 1.92. The topological polar surface area (TPSA) is 52.4 Å². The molecule has 0 saturated carbocycles. The molecule has 0 aromatic heterocycles. The SMILES string of the molecule is CCOc1ccc([N+](=O)[O-])c(I)c1. The van der Waals surface area contributed by atoms with E-state index in [1.165, 1.54) is 6.07 Å². The molecular formula is C8H8INO3. The molecule has 0 N–H and O–H groups in total. The van der Waals surface area contributed by atoms with Crippen molar-refractivity contribution in [2.45, 2.75) is 6.92 Å². The zero-order valence-electron chi connectivity index (χ0n) is 6.99. The van der Waals surface area contributed by atoms with Crippen LogP contribution in [0.3, 0.4) is 0 Å². The van der Waals surface area contributed by atoms with Gasteiger partial charge in [-0.05, 0) is 35.6 Å². The number of nitro benzene ring substituents is 1. The van der Waals surface area contributed by atoms with Gasteiger partial charge in [0.2, 0.25) is 0 Å². The van der Waals surface area contributed by atoms with Crippen molar-refractivity contribution in [1.29, 1.82) is 0 Å². The van der Waals surface area contributed by atoms with E-state index >= 15 is 0 Å². The second-order valence-electron chi connectivity index (χ2n) is 2.30. The maximum atomic E-state index is 10.5. The van der Waals surface area contributed by atoms with Gasteiger partial charge in [-0.15, -0.1) is 0 Å². The van der Waals surface area contributed by atoms with Crippen molar-refractivity contribution in [3.63, 3.8) is 0 Å². The molecule has 0 spiro atoms. The second-order valence-corrected chi connectivity index (χ2v) is 3.47. The lowest BCUT2D eigenvalue weighted by molar-refractivity contribution is -0.385. The highest BCUT2D eigenvalue weighted by molar-refractivity contribution is 14.1. The largest absolute Gasteiger partial charge is 0.494 e. The fourth-order valence-electron chi connectivity index (χ4n) is 0.892. The van der Waals surface area contributed by atoms with Crippen molar-refractivity contribution in [3.05, 3.63) is 31.9 Å². The van der Waals surface area contributed by atoms with Crippen LogP contribution in [0.15, 0.2) is 18.2 Å². The van der Waals surface area contributed by atoms with Crippen LogP contribution in [-0.4, -0.2) is 11.5 Å². The summed E-state index contributed by atoms with van der Waals surface area (Å²) in [6, 6.07) is 4.71. The van der Waals surface area contributed by atoms with Crippen molar-refractivity contribution in [3.8, 4) is 5.75 Å². The van der Waals surface area contributed by atoms with Crippen molar-refractivity contribution in [2.24, 2.45) is 0 Å². The van der Waals surface area contributed by atoms with Gasteiger partial charge in [0.05, 0.1) is 15.1 Å². The van der Waals surface area contributed by atoms with Crippen LogP contribution in [0.4, 0.5) is 5.69 Å². The summed E-state index contributed by atoms with van der Waals surface area (Å²) in [6.45, 7) is 2.43. The fraction of sp³-hybridized carbons (Fsp3) is 0.250. The number of ether oxygens (including phenoxy) is 1. The predicted octanol–water partition coefficient (Wildman–Crippen LogP) is 2.60. The van der Waals surface area contributed by atoms with Gasteiger partial charge < -0.3 is 4.74 Å². The fourth-order valence-corrected chi connectivity index (χ4v) is 1.58. The number of halogens is 1. The molecule has 0 heterocycles. The lowest BCUT2D eigenvalue weighted by Crippen LogP contribution is -1.94. The molecule has 0 fully saturated rings. The zero-order chi connectivity index (χ0) is 9.84. The van der Waals surface area contributed by atoms with Gasteiger partial charge in [-0.1, -0.05) is 0 Å². The quantitative estimate of drug-likeness (QED) is 0.489. The standard InChI is InChI=1S/C8H8INO3/c1-2-13-6-3-4-8(10(11)12)7(9)5-6/h3-5H,2H2,1H3. The van der Waals surface area contributed by atoms with Gasteiger partial charge in [0.1, 0.15) is 5.75 Å². The third-order valence-electron chi connectivity index (χ3n) is 1.43. The Labute approximate surface area is 89.2 Å². The van der Waals surface area contributed by atoms with Gasteiger partial charge in [-0.25, -0.2) is 0 Å².